The molecule has 0 radical (unpaired) electrons. The standard InChI is InChI=1S/C14H18N2O2S/c17-12(13-5-2-6-18-13)9-15-7-11-8-16-14(19-11)10-3-1-4-10/h2,5-6,8,10,12,15,17H,1,3-4,7,9H2. The molecule has 0 amide bonds. The van der Waals surface area contributed by atoms with Crippen molar-refractivity contribution in [1.82, 2.24) is 10.3 Å². The summed E-state index contributed by atoms with van der Waals surface area (Å²) < 4.78 is 5.16. The zero-order valence-corrected chi connectivity index (χ0v) is 11.5. The normalized spacial score (nSPS) is 17.3. The van der Waals surface area contributed by atoms with Crippen molar-refractivity contribution < 1.29 is 9.52 Å². The Kier molecular flexibility index (Phi) is 3.96. The van der Waals surface area contributed by atoms with Gasteiger partial charge >= 0.3 is 0 Å². The molecule has 3 rings (SSSR count). The lowest BCUT2D eigenvalue weighted by atomic mass is 9.86. The molecular weight excluding hydrogens is 260 g/mol. The van der Waals surface area contributed by atoms with E-state index in [-0.39, 0.29) is 0 Å². The number of nitrogens with zero attached hydrogens (tertiary/aromatic N) is 1. The third kappa shape index (κ3) is 3.05. The predicted octanol–water partition coefficient (Wildman–Crippen LogP) is 2.83. The van der Waals surface area contributed by atoms with Crippen LogP contribution in [0.4, 0.5) is 0 Å². The van der Waals surface area contributed by atoms with Gasteiger partial charge in [0.1, 0.15) is 11.9 Å². The highest BCUT2D eigenvalue weighted by molar-refractivity contribution is 7.11. The molecule has 2 heterocycles. The average Bonchev–Trinajstić information content (AvgIpc) is 2.97. The summed E-state index contributed by atoms with van der Waals surface area (Å²) in [6, 6.07) is 3.57. The zero-order chi connectivity index (χ0) is 13.1. The smallest absolute Gasteiger partial charge is 0.133 e. The Labute approximate surface area is 116 Å². The van der Waals surface area contributed by atoms with Crippen LogP contribution in [0.15, 0.2) is 29.0 Å². The van der Waals surface area contributed by atoms with E-state index in [2.05, 4.69) is 10.3 Å². The zero-order valence-electron chi connectivity index (χ0n) is 10.7. The minimum Gasteiger partial charge on any atom is -0.467 e. The van der Waals surface area contributed by atoms with Crippen molar-refractivity contribution in [2.75, 3.05) is 6.54 Å². The minimum absolute atomic E-state index is 0.490. The van der Waals surface area contributed by atoms with Gasteiger partial charge < -0.3 is 14.8 Å². The largest absolute Gasteiger partial charge is 0.467 e. The second-order valence-electron chi connectivity index (χ2n) is 4.95. The number of aliphatic hydroxyl groups excluding tert-OH is 1. The summed E-state index contributed by atoms with van der Waals surface area (Å²) in [4.78, 5) is 5.71. The third-order valence-corrected chi connectivity index (χ3v) is 4.69. The van der Waals surface area contributed by atoms with Gasteiger partial charge in [0.15, 0.2) is 0 Å². The van der Waals surface area contributed by atoms with Crippen LogP contribution in [0.3, 0.4) is 0 Å². The van der Waals surface area contributed by atoms with Gasteiger partial charge in [0, 0.05) is 30.1 Å². The van der Waals surface area contributed by atoms with Crippen LogP contribution in [-0.4, -0.2) is 16.6 Å². The summed E-state index contributed by atoms with van der Waals surface area (Å²) in [7, 11) is 0. The van der Waals surface area contributed by atoms with E-state index in [1.807, 2.05) is 6.20 Å². The number of hydrogen-bond donors (Lipinski definition) is 2. The SMILES string of the molecule is OC(CNCc1cnc(C2CCC2)s1)c1ccco1. The molecule has 0 aliphatic heterocycles. The number of aliphatic hydroxyl groups is 1. The third-order valence-electron chi connectivity index (χ3n) is 3.53. The van der Waals surface area contributed by atoms with E-state index < -0.39 is 6.10 Å². The van der Waals surface area contributed by atoms with Crippen LogP contribution in [0.1, 0.15) is 46.9 Å². The maximum absolute atomic E-state index is 9.86. The number of furan rings is 1. The van der Waals surface area contributed by atoms with E-state index in [1.165, 1.54) is 29.1 Å². The molecule has 2 N–H and O–H groups in total. The first kappa shape index (κ1) is 12.8. The first-order valence-corrected chi connectivity index (χ1v) is 7.51. The highest BCUT2D eigenvalue weighted by atomic mass is 32.1. The first-order valence-electron chi connectivity index (χ1n) is 6.69. The Morgan fingerprint density at radius 1 is 1.53 bits per heavy atom. The summed E-state index contributed by atoms with van der Waals surface area (Å²) in [5, 5.41) is 14.4. The van der Waals surface area contributed by atoms with Crippen molar-refractivity contribution in [1.29, 1.82) is 0 Å². The van der Waals surface area contributed by atoms with Crippen LogP contribution in [0.2, 0.25) is 0 Å². The fraction of sp³-hybridized carbons (Fsp3) is 0.500. The maximum Gasteiger partial charge on any atom is 0.133 e. The van der Waals surface area contributed by atoms with E-state index in [1.54, 1.807) is 29.7 Å². The summed E-state index contributed by atoms with van der Waals surface area (Å²) >= 11 is 1.79. The molecule has 19 heavy (non-hydrogen) atoms. The Bertz CT molecular complexity index is 505. The second-order valence-corrected chi connectivity index (χ2v) is 6.10. The lowest BCUT2D eigenvalue weighted by molar-refractivity contribution is 0.147. The summed E-state index contributed by atoms with van der Waals surface area (Å²) in [5.74, 6) is 1.31. The molecule has 1 atom stereocenters. The number of hydrogen-bond acceptors (Lipinski definition) is 5. The lowest BCUT2D eigenvalue weighted by Crippen LogP contribution is -2.20. The Morgan fingerprint density at radius 3 is 3.11 bits per heavy atom. The number of nitrogens with one attached hydrogen (secondary N) is 1. The van der Waals surface area contributed by atoms with E-state index in [0.29, 0.717) is 18.2 Å². The second kappa shape index (κ2) is 5.86. The van der Waals surface area contributed by atoms with Gasteiger partial charge in [-0.05, 0) is 25.0 Å². The van der Waals surface area contributed by atoms with Crippen molar-refractivity contribution in [3.8, 4) is 0 Å². The van der Waals surface area contributed by atoms with Gasteiger partial charge in [-0.2, -0.15) is 0 Å². The maximum atomic E-state index is 9.86. The summed E-state index contributed by atoms with van der Waals surface area (Å²) in [6.45, 7) is 1.24. The van der Waals surface area contributed by atoms with Crippen molar-refractivity contribution in [2.45, 2.75) is 37.8 Å². The van der Waals surface area contributed by atoms with Crippen molar-refractivity contribution in [2.24, 2.45) is 0 Å². The van der Waals surface area contributed by atoms with Crippen molar-refractivity contribution >= 4 is 11.3 Å². The van der Waals surface area contributed by atoms with E-state index in [0.717, 1.165) is 6.54 Å². The van der Waals surface area contributed by atoms with Crippen molar-refractivity contribution in [3.63, 3.8) is 0 Å². The number of rotatable bonds is 6. The monoisotopic (exact) mass is 278 g/mol. The van der Waals surface area contributed by atoms with Gasteiger partial charge in [-0.15, -0.1) is 11.3 Å². The molecule has 0 saturated heterocycles. The molecule has 2 aromatic heterocycles. The van der Waals surface area contributed by atoms with Gasteiger partial charge in [0.05, 0.1) is 11.3 Å². The molecular formula is C14H18N2O2S. The molecule has 1 saturated carbocycles. The lowest BCUT2D eigenvalue weighted by Gasteiger charge is -2.22. The predicted molar refractivity (Wildman–Crippen MR) is 74.1 cm³/mol. The van der Waals surface area contributed by atoms with Crippen LogP contribution >= 0.6 is 11.3 Å². The average molecular weight is 278 g/mol. The van der Waals surface area contributed by atoms with Crippen LogP contribution < -0.4 is 5.32 Å². The topological polar surface area (TPSA) is 58.3 Å². The molecule has 0 aromatic carbocycles. The molecule has 1 aliphatic carbocycles. The quantitative estimate of drug-likeness (QED) is 0.853. The van der Waals surface area contributed by atoms with E-state index in [4.69, 9.17) is 4.42 Å². The molecule has 4 nitrogen and oxygen atoms in total. The molecule has 1 unspecified atom stereocenters. The number of thiazole rings is 1. The van der Waals surface area contributed by atoms with Gasteiger partial charge in [-0.1, -0.05) is 6.42 Å². The molecule has 1 fully saturated rings. The molecule has 0 bridgehead atoms. The summed E-state index contributed by atoms with van der Waals surface area (Å²) in [6.07, 6.45) is 6.86. The molecule has 1 aliphatic rings. The van der Waals surface area contributed by atoms with Crippen LogP contribution in [-0.2, 0) is 6.54 Å². The molecule has 2 aromatic rings. The molecule has 5 heteroatoms. The van der Waals surface area contributed by atoms with E-state index >= 15 is 0 Å². The molecule has 102 valence electrons. The molecule has 0 spiro atoms. The van der Waals surface area contributed by atoms with Crippen LogP contribution in [0.25, 0.3) is 0 Å². The fourth-order valence-corrected chi connectivity index (χ4v) is 3.22. The van der Waals surface area contributed by atoms with E-state index in [9.17, 15) is 5.11 Å². The van der Waals surface area contributed by atoms with Gasteiger partial charge in [0.2, 0.25) is 0 Å². The first-order chi connectivity index (χ1) is 9.33. The fourth-order valence-electron chi connectivity index (χ4n) is 2.16. The Balaban J connectivity index is 1.45. The highest BCUT2D eigenvalue weighted by Crippen LogP contribution is 2.38. The van der Waals surface area contributed by atoms with Crippen LogP contribution in [0.5, 0.6) is 0 Å². The Hall–Kier alpha value is -1.17. The number of aromatic nitrogens is 1. The van der Waals surface area contributed by atoms with Crippen LogP contribution in [0, 0.1) is 0 Å². The Morgan fingerprint density at radius 2 is 2.42 bits per heavy atom. The van der Waals surface area contributed by atoms with Crippen molar-refractivity contribution in [3.05, 3.63) is 40.2 Å². The van der Waals surface area contributed by atoms with Gasteiger partial charge in [-0.3, -0.25) is 0 Å². The van der Waals surface area contributed by atoms with Gasteiger partial charge in [0.25, 0.3) is 0 Å². The summed E-state index contributed by atoms with van der Waals surface area (Å²) in [5.41, 5.74) is 0. The van der Waals surface area contributed by atoms with Gasteiger partial charge in [-0.25, -0.2) is 4.98 Å². The minimum atomic E-state index is -0.589. The highest BCUT2D eigenvalue weighted by Gasteiger charge is 2.22.